The van der Waals surface area contributed by atoms with Gasteiger partial charge in [-0.3, -0.25) is 14.4 Å². The summed E-state index contributed by atoms with van der Waals surface area (Å²) in [6, 6.07) is -0.426. The highest BCUT2D eigenvalue weighted by Gasteiger charge is 2.31. The van der Waals surface area contributed by atoms with Crippen LogP contribution in [0.1, 0.15) is 19.3 Å². The Balaban J connectivity index is 1.89. The van der Waals surface area contributed by atoms with Crippen molar-refractivity contribution >= 4 is 29.5 Å². The molecule has 0 radical (unpaired) electrons. The van der Waals surface area contributed by atoms with E-state index >= 15 is 0 Å². The monoisotopic (exact) mass is 285 g/mol. The van der Waals surface area contributed by atoms with Crippen molar-refractivity contribution in [1.82, 2.24) is 10.2 Å². The quantitative estimate of drug-likeness (QED) is 0.704. The minimum atomic E-state index is -0.426. The lowest BCUT2D eigenvalue weighted by Crippen LogP contribution is -2.52. The number of likely N-dealkylation sites (tertiary alicyclic amines) is 1. The highest BCUT2D eigenvalue weighted by Crippen LogP contribution is 2.19. The van der Waals surface area contributed by atoms with Crippen LogP contribution in [0.2, 0.25) is 0 Å². The Kier molecular flexibility index (Phi) is 4.68. The van der Waals surface area contributed by atoms with Crippen molar-refractivity contribution in [2.24, 2.45) is 11.7 Å². The molecule has 2 heterocycles. The smallest absolute Gasteiger partial charge is 0.246 e. The maximum absolute atomic E-state index is 12.3. The lowest BCUT2D eigenvalue weighted by Gasteiger charge is -2.33. The van der Waals surface area contributed by atoms with Gasteiger partial charge in [-0.2, -0.15) is 11.8 Å². The summed E-state index contributed by atoms with van der Waals surface area (Å²) in [4.78, 5) is 36.6. The Labute approximate surface area is 116 Å². The Morgan fingerprint density at radius 3 is 2.63 bits per heavy atom. The van der Waals surface area contributed by atoms with Gasteiger partial charge in [0.2, 0.25) is 17.7 Å². The Bertz CT molecular complexity index is 380. The van der Waals surface area contributed by atoms with E-state index < -0.39 is 6.04 Å². The van der Waals surface area contributed by atoms with Crippen LogP contribution >= 0.6 is 11.8 Å². The summed E-state index contributed by atoms with van der Waals surface area (Å²) in [5.41, 5.74) is 5.27. The molecular weight excluding hydrogens is 266 g/mol. The number of primary amides is 1. The highest BCUT2D eigenvalue weighted by atomic mass is 32.2. The van der Waals surface area contributed by atoms with Gasteiger partial charge < -0.3 is 16.0 Å². The van der Waals surface area contributed by atoms with Gasteiger partial charge in [0.05, 0.1) is 0 Å². The van der Waals surface area contributed by atoms with Gasteiger partial charge in [-0.15, -0.1) is 0 Å². The molecule has 2 aliphatic heterocycles. The van der Waals surface area contributed by atoms with Crippen LogP contribution in [0.3, 0.4) is 0 Å². The topological polar surface area (TPSA) is 92.5 Å². The van der Waals surface area contributed by atoms with Crippen LogP contribution in [-0.4, -0.2) is 53.3 Å². The molecule has 0 aromatic heterocycles. The number of carbonyl (C=O) groups excluding carboxylic acids is 3. The fourth-order valence-electron chi connectivity index (χ4n) is 2.41. The molecule has 2 saturated heterocycles. The molecule has 3 amide bonds. The molecule has 0 spiro atoms. The van der Waals surface area contributed by atoms with E-state index in [2.05, 4.69) is 5.32 Å². The lowest BCUT2D eigenvalue weighted by molar-refractivity contribution is -0.138. The maximum Gasteiger partial charge on any atom is 0.246 e. The Hall–Kier alpha value is -1.24. The van der Waals surface area contributed by atoms with E-state index in [-0.39, 0.29) is 23.6 Å². The van der Waals surface area contributed by atoms with E-state index in [4.69, 9.17) is 5.73 Å². The number of carbonyl (C=O) groups is 3. The molecule has 2 aliphatic rings. The third-order valence-electron chi connectivity index (χ3n) is 3.60. The molecule has 0 bridgehead atoms. The molecule has 106 valence electrons. The average Bonchev–Trinajstić information content (AvgIpc) is 2.62. The molecular formula is C12H19N3O3S. The van der Waals surface area contributed by atoms with Crippen molar-refractivity contribution in [3.05, 3.63) is 0 Å². The van der Waals surface area contributed by atoms with E-state index in [0.717, 1.165) is 5.75 Å². The minimum Gasteiger partial charge on any atom is -0.369 e. The predicted molar refractivity (Wildman–Crippen MR) is 72.4 cm³/mol. The molecule has 1 atom stereocenters. The summed E-state index contributed by atoms with van der Waals surface area (Å²) < 4.78 is 0. The summed E-state index contributed by atoms with van der Waals surface area (Å²) in [7, 11) is 0. The summed E-state index contributed by atoms with van der Waals surface area (Å²) in [5, 5.41) is 2.77. The summed E-state index contributed by atoms with van der Waals surface area (Å²) >= 11 is 1.62. The van der Waals surface area contributed by atoms with Crippen molar-refractivity contribution < 1.29 is 14.4 Å². The van der Waals surface area contributed by atoms with Crippen LogP contribution in [0.15, 0.2) is 0 Å². The number of hydrogen-bond donors (Lipinski definition) is 2. The Morgan fingerprint density at radius 1 is 1.32 bits per heavy atom. The molecule has 0 aliphatic carbocycles. The summed E-state index contributed by atoms with van der Waals surface area (Å²) in [6.07, 6.45) is 1.71. The fraction of sp³-hybridized carbons (Fsp3) is 0.750. The highest BCUT2D eigenvalue weighted by molar-refractivity contribution is 7.99. The number of nitrogens with two attached hydrogens (primary N) is 1. The SMILES string of the molecule is NC(=O)C1CCN(C(=O)[C@@H]2CSCCC(=O)N2)CC1. The number of amides is 3. The number of thioether (sulfide) groups is 1. The second kappa shape index (κ2) is 6.27. The first-order valence-corrected chi connectivity index (χ1v) is 7.68. The Morgan fingerprint density at radius 2 is 2.00 bits per heavy atom. The van der Waals surface area contributed by atoms with Crippen molar-refractivity contribution in [3.63, 3.8) is 0 Å². The molecule has 19 heavy (non-hydrogen) atoms. The molecule has 0 unspecified atom stereocenters. The van der Waals surface area contributed by atoms with Crippen molar-refractivity contribution in [2.75, 3.05) is 24.6 Å². The van der Waals surface area contributed by atoms with E-state index in [9.17, 15) is 14.4 Å². The molecule has 2 rings (SSSR count). The number of piperidine rings is 1. The van der Waals surface area contributed by atoms with Crippen LogP contribution in [-0.2, 0) is 14.4 Å². The molecule has 0 aromatic carbocycles. The van der Waals surface area contributed by atoms with Gasteiger partial charge in [0, 0.05) is 36.9 Å². The van der Waals surface area contributed by atoms with E-state index in [0.29, 0.717) is 38.1 Å². The van der Waals surface area contributed by atoms with Gasteiger partial charge in [0.1, 0.15) is 6.04 Å². The van der Waals surface area contributed by atoms with Gasteiger partial charge in [-0.05, 0) is 12.8 Å². The summed E-state index contributed by atoms with van der Waals surface area (Å²) in [6.45, 7) is 1.09. The first-order chi connectivity index (χ1) is 9.08. The average molecular weight is 285 g/mol. The largest absolute Gasteiger partial charge is 0.369 e. The summed E-state index contributed by atoms with van der Waals surface area (Å²) in [5.74, 6) is 0.883. The molecule has 0 aromatic rings. The van der Waals surface area contributed by atoms with Crippen molar-refractivity contribution in [3.8, 4) is 0 Å². The molecule has 7 heteroatoms. The fourth-order valence-corrected chi connectivity index (χ4v) is 3.37. The third-order valence-corrected chi connectivity index (χ3v) is 4.66. The third kappa shape index (κ3) is 3.62. The molecule has 3 N–H and O–H groups in total. The van der Waals surface area contributed by atoms with Gasteiger partial charge in [-0.25, -0.2) is 0 Å². The van der Waals surface area contributed by atoms with Crippen molar-refractivity contribution in [1.29, 1.82) is 0 Å². The second-order valence-corrected chi connectivity index (χ2v) is 6.10. The van der Waals surface area contributed by atoms with Crippen LogP contribution in [0.4, 0.5) is 0 Å². The zero-order valence-corrected chi connectivity index (χ0v) is 11.6. The maximum atomic E-state index is 12.3. The van der Waals surface area contributed by atoms with E-state index in [1.54, 1.807) is 16.7 Å². The van der Waals surface area contributed by atoms with Gasteiger partial charge in [-0.1, -0.05) is 0 Å². The van der Waals surface area contributed by atoms with Crippen LogP contribution in [0, 0.1) is 5.92 Å². The van der Waals surface area contributed by atoms with Gasteiger partial charge in [0.15, 0.2) is 0 Å². The van der Waals surface area contributed by atoms with Crippen molar-refractivity contribution in [2.45, 2.75) is 25.3 Å². The lowest BCUT2D eigenvalue weighted by atomic mass is 9.96. The minimum absolute atomic E-state index is 0.0364. The molecule has 6 nitrogen and oxygen atoms in total. The number of nitrogens with zero attached hydrogens (tertiary/aromatic N) is 1. The standard InChI is InChI=1S/C12H19N3O3S/c13-11(17)8-1-4-15(5-2-8)12(18)9-7-19-6-3-10(16)14-9/h8-9H,1-7H2,(H2,13,17)(H,14,16)/t9-/m0/s1. The first kappa shape index (κ1) is 14.2. The number of nitrogens with one attached hydrogen (secondary N) is 1. The van der Waals surface area contributed by atoms with Gasteiger partial charge in [0.25, 0.3) is 0 Å². The van der Waals surface area contributed by atoms with E-state index in [1.807, 2.05) is 0 Å². The first-order valence-electron chi connectivity index (χ1n) is 6.53. The van der Waals surface area contributed by atoms with Crippen LogP contribution in [0.25, 0.3) is 0 Å². The number of hydrogen-bond acceptors (Lipinski definition) is 4. The van der Waals surface area contributed by atoms with Gasteiger partial charge >= 0.3 is 0 Å². The van der Waals surface area contributed by atoms with E-state index in [1.165, 1.54) is 0 Å². The predicted octanol–water partition coefficient (Wildman–Crippen LogP) is -0.668. The zero-order chi connectivity index (χ0) is 13.8. The van der Waals surface area contributed by atoms with Crippen LogP contribution in [0.5, 0.6) is 0 Å². The van der Waals surface area contributed by atoms with Crippen LogP contribution < -0.4 is 11.1 Å². The number of rotatable bonds is 2. The normalized spacial score (nSPS) is 25.6. The second-order valence-electron chi connectivity index (χ2n) is 4.95. The zero-order valence-electron chi connectivity index (χ0n) is 10.8. The molecule has 0 saturated carbocycles. The molecule has 2 fully saturated rings.